The molecule has 0 amide bonds. The SMILES string of the molecule is CCOC(=O)C(C)Oc1cc(F)cc(CC(C)N)c1. The average molecular weight is 269 g/mol. The van der Waals surface area contributed by atoms with Crippen molar-refractivity contribution in [2.45, 2.75) is 39.3 Å². The highest BCUT2D eigenvalue weighted by atomic mass is 19.1. The summed E-state index contributed by atoms with van der Waals surface area (Å²) in [7, 11) is 0. The molecule has 1 rings (SSSR count). The summed E-state index contributed by atoms with van der Waals surface area (Å²) in [4.78, 5) is 11.4. The molecule has 0 fully saturated rings. The number of benzene rings is 1. The van der Waals surface area contributed by atoms with Gasteiger partial charge in [-0.3, -0.25) is 0 Å². The van der Waals surface area contributed by atoms with E-state index in [0.29, 0.717) is 12.2 Å². The van der Waals surface area contributed by atoms with Crippen molar-refractivity contribution in [2.24, 2.45) is 5.73 Å². The molecule has 5 heteroatoms. The summed E-state index contributed by atoms with van der Waals surface area (Å²) in [6, 6.07) is 4.26. The largest absolute Gasteiger partial charge is 0.479 e. The zero-order valence-corrected chi connectivity index (χ0v) is 11.5. The normalized spacial score (nSPS) is 13.7. The van der Waals surface area contributed by atoms with Crippen molar-refractivity contribution in [1.82, 2.24) is 0 Å². The first-order chi connectivity index (χ1) is 8.92. The van der Waals surface area contributed by atoms with E-state index < -0.39 is 17.9 Å². The molecule has 0 aromatic heterocycles. The fraction of sp³-hybridized carbons (Fsp3) is 0.500. The van der Waals surface area contributed by atoms with Crippen molar-refractivity contribution in [3.05, 3.63) is 29.6 Å². The minimum absolute atomic E-state index is 0.0721. The van der Waals surface area contributed by atoms with Crippen molar-refractivity contribution in [2.75, 3.05) is 6.61 Å². The number of rotatable bonds is 6. The fourth-order valence-corrected chi connectivity index (χ4v) is 1.69. The lowest BCUT2D eigenvalue weighted by atomic mass is 10.1. The van der Waals surface area contributed by atoms with Crippen LogP contribution in [-0.4, -0.2) is 24.7 Å². The van der Waals surface area contributed by atoms with E-state index in [9.17, 15) is 9.18 Å². The van der Waals surface area contributed by atoms with Crippen molar-refractivity contribution < 1.29 is 18.7 Å². The third-order valence-electron chi connectivity index (χ3n) is 2.42. The average Bonchev–Trinajstić information content (AvgIpc) is 2.27. The molecule has 0 spiro atoms. The zero-order valence-electron chi connectivity index (χ0n) is 11.5. The van der Waals surface area contributed by atoms with E-state index in [2.05, 4.69) is 0 Å². The lowest BCUT2D eigenvalue weighted by Crippen LogP contribution is -2.26. The zero-order chi connectivity index (χ0) is 14.4. The maximum absolute atomic E-state index is 13.4. The van der Waals surface area contributed by atoms with Crippen molar-refractivity contribution in [1.29, 1.82) is 0 Å². The molecule has 19 heavy (non-hydrogen) atoms. The fourth-order valence-electron chi connectivity index (χ4n) is 1.69. The van der Waals surface area contributed by atoms with Crippen LogP contribution in [-0.2, 0) is 16.0 Å². The molecule has 2 unspecified atom stereocenters. The van der Waals surface area contributed by atoms with Gasteiger partial charge in [-0.1, -0.05) is 0 Å². The van der Waals surface area contributed by atoms with Crippen molar-refractivity contribution >= 4 is 5.97 Å². The summed E-state index contributed by atoms with van der Waals surface area (Å²) >= 11 is 0. The van der Waals surface area contributed by atoms with E-state index in [1.807, 2.05) is 6.92 Å². The number of hydrogen-bond donors (Lipinski definition) is 1. The first-order valence-electron chi connectivity index (χ1n) is 6.30. The van der Waals surface area contributed by atoms with E-state index in [0.717, 1.165) is 5.56 Å². The minimum Gasteiger partial charge on any atom is -0.479 e. The van der Waals surface area contributed by atoms with Crippen molar-refractivity contribution in [3.63, 3.8) is 0 Å². The van der Waals surface area contributed by atoms with Crippen LogP contribution in [0, 0.1) is 5.82 Å². The number of hydrogen-bond acceptors (Lipinski definition) is 4. The first-order valence-corrected chi connectivity index (χ1v) is 6.30. The van der Waals surface area contributed by atoms with E-state index in [1.165, 1.54) is 12.1 Å². The predicted octanol–water partition coefficient (Wildman–Crippen LogP) is 2.05. The monoisotopic (exact) mass is 269 g/mol. The Balaban J connectivity index is 2.77. The molecular weight excluding hydrogens is 249 g/mol. The Kier molecular flexibility index (Phi) is 5.76. The quantitative estimate of drug-likeness (QED) is 0.803. The molecule has 0 heterocycles. The Bertz CT molecular complexity index is 435. The highest BCUT2D eigenvalue weighted by Crippen LogP contribution is 2.19. The standard InChI is InChI=1S/C14H20FNO3/c1-4-18-14(17)10(3)19-13-7-11(5-9(2)16)6-12(15)8-13/h6-10H,4-5,16H2,1-3H3. The number of nitrogens with two attached hydrogens (primary N) is 1. The Morgan fingerprint density at radius 3 is 2.63 bits per heavy atom. The molecule has 0 aliphatic carbocycles. The van der Waals surface area contributed by atoms with Gasteiger partial charge in [-0.2, -0.15) is 0 Å². The number of halogens is 1. The van der Waals surface area contributed by atoms with Gasteiger partial charge in [-0.05, 0) is 44.9 Å². The Hall–Kier alpha value is -1.62. The van der Waals surface area contributed by atoms with Gasteiger partial charge in [0, 0.05) is 12.1 Å². The van der Waals surface area contributed by atoms with Crippen LogP contribution < -0.4 is 10.5 Å². The van der Waals surface area contributed by atoms with Crippen LogP contribution in [0.3, 0.4) is 0 Å². The Labute approximate surface area is 112 Å². The van der Waals surface area contributed by atoms with Crippen LogP contribution >= 0.6 is 0 Å². The van der Waals surface area contributed by atoms with Gasteiger partial charge in [0.2, 0.25) is 0 Å². The lowest BCUT2D eigenvalue weighted by Gasteiger charge is -2.14. The molecule has 0 radical (unpaired) electrons. The lowest BCUT2D eigenvalue weighted by molar-refractivity contribution is -0.150. The Morgan fingerprint density at radius 2 is 2.05 bits per heavy atom. The van der Waals surface area contributed by atoms with Gasteiger partial charge in [0.1, 0.15) is 11.6 Å². The van der Waals surface area contributed by atoms with Crippen LogP contribution in [0.5, 0.6) is 5.75 Å². The first kappa shape index (κ1) is 15.4. The molecule has 1 aromatic rings. The van der Waals surface area contributed by atoms with E-state index in [4.69, 9.17) is 15.2 Å². The van der Waals surface area contributed by atoms with Crippen molar-refractivity contribution in [3.8, 4) is 5.75 Å². The molecule has 0 aliphatic heterocycles. The molecule has 0 saturated heterocycles. The molecule has 4 nitrogen and oxygen atoms in total. The van der Waals surface area contributed by atoms with Gasteiger partial charge in [-0.15, -0.1) is 0 Å². The molecule has 106 valence electrons. The molecule has 2 atom stereocenters. The molecule has 0 aliphatic rings. The second-order valence-electron chi connectivity index (χ2n) is 4.49. The molecule has 2 N–H and O–H groups in total. The van der Waals surface area contributed by atoms with E-state index in [-0.39, 0.29) is 12.6 Å². The maximum atomic E-state index is 13.4. The van der Waals surface area contributed by atoms with Crippen LogP contribution in [0.1, 0.15) is 26.3 Å². The second-order valence-corrected chi connectivity index (χ2v) is 4.49. The Morgan fingerprint density at radius 1 is 1.37 bits per heavy atom. The summed E-state index contributed by atoms with van der Waals surface area (Å²) in [6.45, 7) is 5.40. The van der Waals surface area contributed by atoms with Gasteiger partial charge >= 0.3 is 5.97 Å². The van der Waals surface area contributed by atoms with Gasteiger partial charge < -0.3 is 15.2 Å². The summed E-state index contributed by atoms with van der Waals surface area (Å²) in [5, 5.41) is 0. The smallest absolute Gasteiger partial charge is 0.347 e. The van der Waals surface area contributed by atoms with Crippen LogP contribution in [0.15, 0.2) is 18.2 Å². The summed E-state index contributed by atoms with van der Waals surface area (Å²) < 4.78 is 23.6. The topological polar surface area (TPSA) is 61.5 Å². The van der Waals surface area contributed by atoms with Gasteiger partial charge in [0.05, 0.1) is 6.61 Å². The molecule has 0 bridgehead atoms. The highest BCUT2D eigenvalue weighted by molar-refractivity contribution is 5.74. The third-order valence-corrected chi connectivity index (χ3v) is 2.42. The second kappa shape index (κ2) is 7.09. The van der Waals surface area contributed by atoms with E-state index in [1.54, 1.807) is 19.9 Å². The number of ether oxygens (including phenoxy) is 2. The minimum atomic E-state index is -0.773. The van der Waals surface area contributed by atoms with Crippen LogP contribution in [0.4, 0.5) is 4.39 Å². The van der Waals surface area contributed by atoms with Gasteiger partial charge in [0.15, 0.2) is 6.10 Å². The maximum Gasteiger partial charge on any atom is 0.347 e. The highest BCUT2D eigenvalue weighted by Gasteiger charge is 2.16. The summed E-state index contributed by atoms with van der Waals surface area (Å²) in [5.41, 5.74) is 6.41. The third kappa shape index (κ3) is 5.26. The van der Waals surface area contributed by atoms with Crippen LogP contribution in [0.2, 0.25) is 0 Å². The molecule has 1 aromatic carbocycles. The summed E-state index contributed by atoms with van der Waals surface area (Å²) in [6.07, 6.45) is -0.230. The number of carbonyl (C=O) groups excluding carboxylic acids is 1. The predicted molar refractivity (Wildman–Crippen MR) is 70.5 cm³/mol. The van der Waals surface area contributed by atoms with Gasteiger partial charge in [-0.25, -0.2) is 9.18 Å². The van der Waals surface area contributed by atoms with Gasteiger partial charge in [0.25, 0.3) is 0 Å². The van der Waals surface area contributed by atoms with E-state index >= 15 is 0 Å². The number of esters is 1. The van der Waals surface area contributed by atoms with Crippen LogP contribution in [0.25, 0.3) is 0 Å². The molecule has 0 saturated carbocycles. The molecular formula is C14H20FNO3. The summed E-state index contributed by atoms with van der Waals surface area (Å²) in [5.74, 6) is -0.582. The number of carbonyl (C=O) groups is 1.